The van der Waals surface area contributed by atoms with E-state index in [1.807, 2.05) is 32.0 Å². The number of anilines is 3. The maximum atomic E-state index is 6.26. The van der Waals surface area contributed by atoms with Gasteiger partial charge in [0, 0.05) is 36.7 Å². The Morgan fingerprint density at radius 1 is 0.912 bits per heavy atom. The molecule has 2 heterocycles. The third-order valence-electron chi connectivity index (χ3n) is 5.44. The molecule has 1 aromatic heterocycles. The molecule has 1 aliphatic heterocycles. The van der Waals surface area contributed by atoms with E-state index in [4.69, 9.17) is 35.3 Å². The van der Waals surface area contributed by atoms with Crippen LogP contribution in [0.15, 0.2) is 24.3 Å². The summed E-state index contributed by atoms with van der Waals surface area (Å²) in [6.45, 7) is 7.86. The number of morpholine rings is 1. The number of nitrogens with zero attached hydrogens (tertiary/aromatic N) is 3. The lowest BCUT2D eigenvalue weighted by Crippen LogP contribution is -2.36. The van der Waals surface area contributed by atoms with E-state index >= 15 is 0 Å². The Bertz CT molecular complexity index is 1150. The number of fused-ring (bicyclic) bond motifs is 1. The summed E-state index contributed by atoms with van der Waals surface area (Å²) in [6, 6.07) is 7.51. The van der Waals surface area contributed by atoms with Gasteiger partial charge < -0.3 is 33.9 Å². The zero-order valence-electron chi connectivity index (χ0n) is 19.8. The molecule has 4 rings (SSSR count). The van der Waals surface area contributed by atoms with Crippen molar-refractivity contribution < 1.29 is 23.7 Å². The minimum atomic E-state index is 0.107. The molecular formula is C24H29ClN4O5. The molecule has 0 spiro atoms. The van der Waals surface area contributed by atoms with Crippen LogP contribution >= 0.6 is 11.6 Å². The SMILES string of the molecule is CCOc1cc(N2CCOCC2)c(OCC)cc1Nc1nc(Cl)nc2cc(OC)c(OC)cc12. The number of aromatic nitrogens is 2. The van der Waals surface area contributed by atoms with Crippen molar-refractivity contribution in [3.63, 3.8) is 0 Å². The van der Waals surface area contributed by atoms with Crippen molar-refractivity contribution in [2.45, 2.75) is 13.8 Å². The molecule has 0 radical (unpaired) electrons. The van der Waals surface area contributed by atoms with Crippen molar-refractivity contribution in [2.75, 3.05) is 64.0 Å². The molecule has 1 N–H and O–H groups in total. The summed E-state index contributed by atoms with van der Waals surface area (Å²) < 4.78 is 28.4. The van der Waals surface area contributed by atoms with Crippen molar-refractivity contribution >= 4 is 39.7 Å². The highest BCUT2D eigenvalue weighted by molar-refractivity contribution is 6.28. The zero-order chi connectivity index (χ0) is 24.1. The molecule has 1 saturated heterocycles. The van der Waals surface area contributed by atoms with Crippen LogP contribution in [0.3, 0.4) is 0 Å². The number of hydrogen-bond donors (Lipinski definition) is 1. The fourth-order valence-electron chi connectivity index (χ4n) is 3.89. The van der Waals surface area contributed by atoms with E-state index < -0.39 is 0 Å². The summed E-state index contributed by atoms with van der Waals surface area (Å²) in [5.41, 5.74) is 2.29. The summed E-state index contributed by atoms with van der Waals surface area (Å²) in [7, 11) is 3.16. The van der Waals surface area contributed by atoms with Gasteiger partial charge in [0.2, 0.25) is 5.28 Å². The van der Waals surface area contributed by atoms with Gasteiger partial charge in [-0.3, -0.25) is 0 Å². The number of benzene rings is 2. The molecule has 0 unspecified atom stereocenters. The lowest BCUT2D eigenvalue weighted by molar-refractivity contribution is 0.122. The molecule has 0 amide bonds. The Labute approximate surface area is 203 Å². The highest BCUT2D eigenvalue weighted by Gasteiger charge is 2.21. The first-order valence-electron chi connectivity index (χ1n) is 11.2. The van der Waals surface area contributed by atoms with Crippen LogP contribution in [0.5, 0.6) is 23.0 Å². The smallest absolute Gasteiger partial charge is 0.224 e. The zero-order valence-corrected chi connectivity index (χ0v) is 20.6. The van der Waals surface area contributed by atoms with E-state index in [0.717, 1.165) is 29.9 Å². The number of hydrogen-bond acceptors (Lipinski definition) is 9. The van der Waals surface area contributed by atoms with Gasteiger partial charge in [-0.1, -0.05) is 0 Å². The van der Waals surface area contributed by atoms with Crippen molar-refractivity contribution in [3.05, 3.63) is 29.5 Å². The van der Waals surface area contributed by atoms with E-state index in [1.54, 1.807) is 20.3 Å². The average Bonchev–Trinajstić information content (AvgIpc) is 2.85. The Hall–Kier alpha value is -3.17. The van der Waals surface area contributed by atoms with E-state index in [0.29, 0.717) is 60.7 Å². The summed E-state index contributed by atoms with van der Waals surface area (Å²) in [5.74, 6) is 3.05. The van der Waals surface area contributed by atoms with Crippen molar-refractivity contribution in [1.82, 2.24) is 9.97 Å². The number of halogens is 1. The van der Waals surface area contributed by atoms with E-state index in [2.05, 4.69) is 20.2 Å². The second-order valence-electron chi connectivity index (χ2n) is 7.47. The molecule has 0 atom stereocenters. The number of methoxy groups -OCH3 is 2. The fraction of sp³-hybridized carbons (Fsp3) is 0.417. The third kappa shape index (κ3) is 5.00. The van der Waals surface area contributed by atoms with Gasteiger partial charge in [0.15, 0.2) is 11.5 Å². The molecule has 10 heteroatoms. The lowest BCUT2D eigenvalue weighted by Gasteiger charge is -2.31. The van der Waals surface area contributed by atoms with Gasteiger partial charge in [0.1, 0.15) is 17.3 Å². The van der Waals surface area contributed by atoms with Gasteiger partial charge >= 0.3 is 0 Å². The van der Waals surface area contributed by atoms with Crippen molar-refractivity contribution in [3.8, 4) is 23.0 Å². The molecule has 1 fully saturated rings. The standard InChI is InChI=1S/C24H29ClN4O5/c1-5-33-19-14-18(29-7-9-32-10-8-29)20(34-6-2)13-17(19)26-23-15-11-21(30-3)22(31-4)12-16(15)27-24(25)28-23/h11-14H,5-10H2,1-4H3,(H,26,27,28). The highest BCUT2D eigenvalue weighted by atomic mass is 35.5. The quantitative estimate of drug-likeness (QED) is 0.431. The van der Waals surface area contributed by atoms with Crippen LogP contribution in [0.2, 0.25) is 5.28 Å². The summed E-state index contributed by atoms with van der Waals surface area (Å²) >= 11 is 6.26. The van der Waals surface area contributed by atoms with Crippen molar-refractivity contribution in [2.24, 2.45) is 0 Å². The minimum Gasteiger partial charge on any atom is -0.493 e. The molecule has 0 bridgehead atoms. The van der Waals surface area contributed by atoms with Crippen LogP contribution < -0.4 is 29.2 Å². The van der Waals surface area contributed by atoms with E-state index in [-0.39, 0.29) is 5.28 Å². The molecule has 0 saturated carbocycles. The van der Waals surface area contributed by atoms with Gasteiger partial charge in [-0.05, 0) is 31.5 Å². The maximum Gasteiger partial charge on any atom is 0.224 e. The Balaban J connectivity index is 1.81. The van der Waals surface area contributed by atoms with Gasteiger partial charge in [0.05, 0.1) is 57.5 Å². The normalized spacial score (nSPS) is 13.6. The first-order chi connectivity index (χ1) is 16.6. The first-order valence-corrected chi connectivity index (χ1v) is 11.6. The molecule has 2 aromatic carbocycles. The van der Waals surface area contributed by atoms with Crippen LogP contribution in [0.1, 0.15) is 13.8 Å². The molecule has 1 aliphatic rings. The molecule has 0 aliphatic carbocycles. The van der Waals surface area contributed by atoms with E-state index in [9.17, 15) is 0 Å². The minimum absolute atomic E-state index is 0.107. The summed E-state index contributed by atoms with van der Waals surface area (Å²) in [4.78, 5) is 11.0. The molecule has 9 nitrogen and oxygen atoms in total. The van der Waals surface area contributed by atoms with Crippen LogP contribution in [-0.4, -0.2) is 63.7 Å². The highest BCUT2D eigenvalue weighted by Crippen LogP contribution is 2.42. The van der Waals surface area contributed by atoms with E-state index in [1.165, 1.54) is 0 Å². The molecule has 34 heavy (non-hydrogen) atoms. The van der Waals surface area contributed by atoms with Crippen LogP contribution in [-0.2, 0) is 4.74 Å². The second kappa shape index (κ2) is 10.8. The van der Waals surface area contributed by atoms with Crippen LogP contribution in [0.25, 0.3) is 10.9 Å². The topological polar surface area (TPSA) is 87.2 Å². The second-order valence-corrected chi connectivity index (χ2v) is 7.81. The van der Waals surface area contributed by atoms with Crippen molar-refractivity contribution in [1.29, 1.82) is 0 Å². The van der Waals surface area contributed by atoms with Gasteiger partial charge in [0.25, 0.3) is 0 Å². The monoisotopic (exact) mass is 488 g/mol. The molecular weight excluding hydrogens is 460 g/mol. The average molecular weight is 489 g/mol. The summed E-state index contributed by atoms with van der Waals surface area (Å²) in [6.07, 6.45) is 0. The lowest BCUT2D eigenvalue weighted by atomic mass is 10.1. The largest absolute Gasteiger partial charge is 0.493 e. The van der Waals surface area contributed by atoms with Gasteiger partial charge in [-0.15, -0.1) is 0 Å². The Kier molecular flexibility index (Phi) is 7.64. The van der Waals surface area contributed by atoms with Gasteiger partial charge in [-0.2, -0.15) is 4.98 Å². The maximum absolute atomic E-state index is 6.26. The van der Waals surface area contributed by atoms with Crippen LogP contribution in [0.4, 0.5) is 17.2 Å². The molecule has 182 valence electrons. The van der Waals surface area contributed by atoms with Gasteiger partial charge in [-0.25, -0.2) is 4.98 Å². The predicted octanol–water partition coefficient (Wildman–Crippen LogP) is 4.68. The number of nitrogens with one attached hydrogen (secondary N) is 1. The number of ether oxygens (including phenoxy) is 5. The first kappa shape index (κ1) is 24.0. The predicted molar refractivity (Wildman–Crippen MR) is 133 cm³/mol. The van der Waals surface area contributed by atoms with Crippen LogP contribution in [0, 0.1) is 0 Å². The molecule has 3 aromatic rings. The number of rotatable bonds is 9. The third-order valence-corrected chi connectivity index (χ3v) is 5.61. The fourth-order valence-corrected chi connectivity index (χ4v) is 4.07. The Morgan fingerprint density at radius 3 is 2.26 bits per heavy atom. The summed E-state index contributed by atoms with van der Waals surface area (Å²) in [5, 5.41) is 4.21. The Morgan fingerprint density at radius 2 is 1.59 bits per heavy atom.